The van der Waals surface area contributed by atoms with Gasteiger partial charge in [-0.25, -0.2) is 0 Å². The standard InChI is InChI=1S/C18H19NO/c1-13-8-9-17(14(10-13)12-19)20-16-7-5-6-15(11-16)18(2,3)4/h5-11H,1-4H3. The van der Waals surface area contributed by atoms with E-state index in [1.54, 1.807) is 0 Å². The van der Waals surface area contributed by atoms with Crippen molar-refractivity contribution in [2.75, 3.05) is 0 Å². The van der Waals surface area contributed by atoms with E-state index in [-0.39, 0.29) is 5.41 Å². The first-order valence-electron chi connectivity index (χ1n) is 6.69. The summed E-state index contributed by atoms with van der Waals surface area (Å²) in [5, 5.41) is 9.17. The second-order valence-corrected chi connectivity index (χ2v) is 5.99. The molecular formula is C18H19NO. The average molecular weight is 265 g/mol. The molecular weight excluding hydrogens is 246 g/mol. The summed E-state index contributed by atoms with van der Waals surface area (Å²) in [6.45, 7) is 8.46. The largest absolute Gasteiger partial charge is 0.456 e. The average Bonchev–Trinajstić information content (AvgIpc) is 2.40. The number of benzene rings is 2. The van der Waals surface area contributed by atoms with Crippen LogP contribution in [0.3, 0.4) is 0 Å². The van der Waals surface area contributed by atoms with Gasteiger partial charge < -0.3 is 4.74 Å². The van der Waals surface area contributed by atoms with Gasteiger partial charge >= 0.3 is 0 Å². The number of aryl methyl sites for hydroxylation is 1. The molecule has 102 valence electrons. The Balaban J connectivity index is 2.34. The summed E-state index contributed by atoms with van der Waals surface area (Å²) in [6.07, 6.45) is 0. The lowest BCUT2D eigenvalue weighted by Crippen LogP contribution is -2.10. The maximum atomic E-state index is 9.17. The third kappa shape index (κ3) is 3.19. The molecule has 20 heavy (non-hydrogen) atoms. The number of hydrogen-bond donors (Lipinski definition) is 0. The first kappa shape index (κ1) is 14.1. The van der Waals surface area contributed by atoms with Crippen molar-refractivity contribution in [3.8, 4) is 17.6 Å². The van der Waals surface area contributed by atoms with Gasteiger partial charge in [-0.2, -0.15) is 5.26 Å². The number of rotatable bonds is 2. The Hall–Kier alpha value is -2.27. The molecule has 0 heterocycles. The second-order valence-electron chi connectivity index (χ2n) is 5.99. The minimum absolute atomic E-state index is 0.0741. The van der Waals surface area contributed by atoms with Crippen LogP contribution in [0.25, 0.3) is 0 Å². The predicted octanol–water partition coefficient (Wildman–Crippen LogP) is 4.96. The smallest absolute Gasteiger partial charge is 0.145 e. The molecule has 0 aliphatic rings. The van der Waals surface area contributed by atoms with Crippen molar-refractivity contribution in [1.29, 1.82) is 5.26 Å². The van der Waals surface area contributed by atoms with E-state index in [9.17, 15) is 5.26 Å². The minimum atomic E-state index is 0.0741. The highest BCUT2D eigenvalue weighted by molar-refractivity contribution is 5.47. The van der Waals surface area contributed by atoms with Gasteiger partial charge in [-0.1, -0.05) is 39.0 Å². The van der Waals surface area contributed by atoms with Crippen LogP contribution in [0.5, 0.6) is 11.5 Å². The molecule has 0 atom stereocenters. The van der Waals surface area contributed by atoms with Crippen molar-refractivity contribution in [2.24, 2.45) is 0 Å². The van der Waals surface area contributed by atoms with Crippen LogP contribution in [0.4, 0.5) is 0 Å². The van der Waals surface area contributed by atoms with Crippen LogP contribution >= 0.6 is 0 Å². The third-order valence-electron chi connectivity index (χ3n) is 3.18. The molecule has 0 aliphatic carbocycles. The van der Waals surface area contributed by atoms with Gasteiger partial charge in [0, 0.05) is 0 Å². The Morgan fingerprint density at radius 3 is 2.45 bits per heavy atom. The fourth-order valence-electron chi connectivity index (χ4n) is 1.97. The maximum absolute atomic E-state index is 9.17. The summed E-state index contributed by atoms with van der Waals surface area (Å²) in [4.78, 5) is 0. The predicted molar refractivity (Wildman–Crippen MR) is 81.1 cm³/mol. The third-order valence-corrected chi connectivity index (χ3v) is 3.18. The van der Waals surface area contributed by atoms with Crippen molar-refractivity contribution in [3.63, 3.8) is 0 Å². The molecule has 2 nitrogen and oxygen atoms in total. The molecule has 0 bridgehead atoms. The van der Waals surface area contributed by atoms with Crippen LogP contribution in [0.2, 0.25) is 0 Å². The molecule has 2 heteroatoms. The number of nitriles is 1. The van der Waals surface area contributed by atoms with E-state index in [4.69, 9.17) is 4.74 Å². The Kier molecular flexibility index (Phi) is 3.81. The quantitative estimate of drug-likeness (QED) is 0.769. The first-order valence-corrected chi connectivity index (χ1v) is 6.69. The molecule has 0 saturated heterocycles. The fourth-order valence-corrected chi connectivity index (χ4v) is 1.97. The SMILES string of the molecule is Cc1ccc(Oc2cccc(C(C)(C)C)c2)c(C#N)c1. The zero-order valence-corrected chi connectivity index (χ0v) is 12.4. The molecule has 0 amide bonds. The Labute approximate surface area is 120 Å². The van der Waals surface area contributed by atoms with Crippen molar-refractivity contribution < 1.29 is 4.74 Å². The molecule has 2 aromatic carbocycles. The number of hydrogen-bond acceptors (Lipinski definition) is 2. The molecule has 0 aliphatic heterocycles. The van der Waals surface area contributed by atoms with Crippen molar-refractivity contribution in [3.05, 3.63) is 59.2 Å². The summed E-state index contributed by atoms with van der Waals surface area (Å²) in [6, 6.07) is 15.8. The molecule has 0 unspecified atom stereocenters. The monoisotopic (exact) mass is 265 g/mol. The lowest BCUT2D eigenvalue weighted by Gasteiger charge is -2.19. The molecule has 0 fully saturated rings. The van der Waals surface area contributed by atoms with E-state index in [0.29, 0.717) is 11.3 Å². The first-order chi connectivity index (χ1) is 9.40. The Morgan fingerprint density at radius 2 is 1.80 bits per heavy atom. The summed E-state index contributed by atoms with van der Waals surface area (Å²) in [7, 11) is 0. The van der Waals surface area contributed by atoms with Gasteiger partial charge in [0.05, 0.1) is 5.56 Å². The summed E-state index contributed by atoms with van der Waals surface area (Å²) >= 11 is 0. The highest BCUT2D eigenvalue weighted by Gasteiger charge is 2.14. The van der Waals surface area contributed by atoms with E-state index >= 15 is 0 Å². The Morgan fingerprint density at radius 1 is 1.05 bits per heavy atom. The van der Waals surface area contributed by atoms with Gasteiger partial charge in [0.25, 0.3) is 0 Å². The lowest BCUT2D eigenvalue weighted by molar-refractivity contribution is 0.477. The van der Waals surface area contributed by atoms with Crippen LogP contribution < -0.4 is 4.74 Å². The second kappa shape index (κ2) is 5.38. The van der Waals surface area contributed by atoms with Gasteiger partial charge in [-0.15, -0.1) is 0 Å². The van der Waals surface area contributed by atoms with Crippen molar-refractivity contribution in [1.82, 2.24) is 0 Å². The molecule has 2 rings (SSSR count). The maximum Gasteiger partial charge on any atom is 0.145 e. The van der Waals surface area contributed by atoms with Crippen LogP contribution in [-0.2, 0) is 5.41 Å². The molecule has 0 radical (unpaired) electrons. The fraction of sp³-hybridized carbons (Fsp3) is 0.278. The summed E-state index contributed by atoms with van der Waals surface area (Å²) < 4.78 is 5.87. The normalized spacial score (nSPS) is 10.9. The van der Waals surface area contributed by atoms with E-state index in [1.165, 1.54) is 5.56 Å². The lowest BCUT2D eigenvalue weighted by atomic mass is 9.87. The van der Waals surface area contributed by atoms with Crippen molar-refractivity contribution in [2.45, 2.75) is 33.1 Å². The van der Waals surface area contributed by atoms with E-state index in [2.05, 4.69) is 32.9 Å². The zero-order chi connectivity index (χ0) is 14.8. The van der Waals surface area contributed by atoms with E-state index in [1.807, 2.05) is 43.3 Å². The summed E-state index contributed by atoms with van der Waals surface area (Å²) in [5.41, 5.74) is 2.90. The van der Waals surface area contributed by atoms with Crippen LogP contribution in [-0.4, -0.2) is 0 Å². The number of ether oxygens (including phenoxy) is 1. The van der Waals surface area contributed by atoms with Gasteiger partial charge in [-0.05, 0) is 47.7 Å². The van der Waals surface area contributed by atoms with Crippen LogP contribution in [0.15, 0.2) is 42.5 Å². The van der Waals surface area contributed by atoms with Crippen LogP contribution in [0, 0.1) is 18.3 Å². The minimum Gasteiger partial charge on any atom is -0.456 e. The number of nitrogens with zero attached hydrogens (tertiary/aromatic N) is 1. The Bertz CT molecular complexity index is 660. The van der Waals surface area contributed by atoms with Gasteiger partial charge in [0.2, 0.25) is 0 Å². The molecule has 0 aromatic heterocycles. The van der Waals surface area contributed by atoms with Crippen molar-refractivity contribution >= 4 is 0 Å². The van der Waals surface area contributed by atoms with Gasteiger partial charge in [-0.3, -0.25) is 0 Å². The molecule has 0 saturated carbocycles. The van der Waals surface area contributed by atoms with E-state index < -0.39 is 0 Å². The zero-order valence-electron chi connectivity index (χ0n) is 12.4. The molecule has 0 spiro atoms. The molecule has 0 N–H and O–H groups in total. The topological polar surface area (TPSA) is 33.0 Å². The van der Waals surface area contributed by atoms with Gasteiger partial charge in [0.1, 0.15) is 17.6 Å². The molecule has 2 aromatic rings. The highest BCUT2D eigenvalue weighted by atomic mass is 16.5. The van der Waals surface area contributed by atoms with Crippen LogP contribution in [0.1, 0.15) is 37.5 Å². The highest BCUT2D eigenvalue weighted by Crippen LogP contribution is 2.30. The summed E-state index contributed by atoms with van der Waals surface area (Å²) in [5.74, 6) is 1.36. The van der Waals surface area contributed by atoms with Gasteiger partial charge in [0.15, 0.2) is 0 Å². The van der Waals surface area contributed by atoms with E-state index in [0.717, 1.165) is 11.3 Å².